The number of hydrogen-bond acceptors (Lipinski definition) is 4. The Balaban J connectivity index is 2.63. The summed E-state index contributed by atoms with van der Waals surface area (Å²) < 4.78 is 26.3. The van der Waals surface area contributed by atoms with Crippen LogP contribution >= 0.6 is 0 Å². The number of nitriles is 1. The SMILES string of the molecule is CCCNC(=O)CCNS(=O)(=O)c1ccccc1C#N. The number of sulfonamides is 1. The fraction of sp³-hybridized carbons (Fsp3) is 0.385. The number of benzene rings is 1. The summed E-state index contributed by atoms with van der Waals surface area (Å²) in [6.07, 6.45) is 0.890. The molecule has 7 heteroatoms. The van der Waals surface area contributed by atoms with Crippen LogP contribution in [0.15, 0.2) is 29.2 Å². The number of carbonyl (C=O) groups is 1. The Morgan fingerprint density at radius 2 is 2.00 bits per heavy atom. The number of hydrogen-bond donors (Lipinski definition) is 2. The third kappa shape index (κ3) is 4.64. The first-order valence-corrected chi connectivity index (χ1v) is 7.75. The summed E-state index contributed by atoms with van der Waals surface area (Å²) in [6, 6.07) is 7.76. The summed E-state index contributed by atoms with van der Waals surface area (Å²) in [5.41, 5.74) is 0.0791. The van der Waals surface area contributed by atoms with Gasteiger partial charge in [0.2, 0.25) is 15.9 Å². The second-order valence-corrected chi connectivity index (χ2v) is 5.84. The second-order valence-electron chi connectivity index (χ2n) is 4.11. The minimum absolute atomic E-state index is 0.00234. The Labute approximate surface area is 118 Å². The van der Waals surface area contributed by atoms with Crippen LogP contribution in [0.4, 0.5) is 0 Å². The molecule has 0 spiro atoms. The van der Waals surface area contributed by atoms with Crippen molar-refractivity contribution >= 4 is 15.9 Å². The van der Waals surface area contributed by atoms with Crippen molar-refractivity contribution in [3.8, 4) is 6.07 Å². The number of nitrogens with zero attached hydrogens (tertiary/aromatic N) is 1. The van der Waals surface area contributed by atoms with Gasteiger partial charge in [-0.1, -0.05) is 19.1 Å². The maximum Gasteiger partial charge on any atom is 0.241 e. The summed E-state index contributed by atoms with van der Waals surface area (Å²) >= 11 is 0. The van der Waals surface area contributed by atoms with Gasteiger partial charge in [0.15, 0.2) is 0 Å². The van der Waals surface area contributed by atoms with E-state index in [0.717, 1.165) is 6.42 Å². The average molecular weight is 295 g/mol. The van der Waals surface area contributed by atoms with Crippen LogP contribution in [0.5, 0.6) is 0 Å². The molecule has 2 N–H and O–H groups in total. The van der Waals surface area contributed by atoms with E-state index >= 15 is 0 Å². The van der Waals surface area contributed by atoms with Crippen molar-refractivity contribution in [3.63, 3.8) is 0 Å². The fourth-order valence-electron chi connectivity index (χ4n) is 1.52. The third-order valence-electron chi connectivity index (χ3n) is 2.51. The van der Waals surface area contributed by atoms with Gasteiger partial charge < -0.3 is 5.32 Å². The molecular formula is C13H17N3O3S. The van der Waals surface area contributed by atoms with Gasteiger partial charge in [0.05, 0.1) is 10.5 Å². The van der Waals surface area contributed by atoms with Gasteiger partial charge in [0.25, 0.3) is 0 Å². The lowest BCUT2D eigenvalue weighted by Crippen LogP contribution is -2.31. The number of carbonyl (C=O) groups excluding carboxylic acids is 1. The predicted molar refractivity (Wildman–Crippen MR) is 74.3 cm³/mol. The summed E-state index contributed by atoms with van der Waals surface area (Å²) in [6.45, 7) is 2.50. The molecule has 1 amide bonds. The lowest BCUT2D eigenvalue weighted by Gasteiger charge is -2.08. The highest BCUT2D eigenvalue weighted by Crippen LogP contribution is 2.13. The molecule has 0 bridgehead atoms. The molecule has 0 saturated heterocycles. The highest BCUT2D eigenvalue weighted by Gasteiger charge is 2.17. The molecule has 108 valence electrons. The predicted octanol–water partition coefficient (Wildman–Crippen LogP) is 0.753. The van der Waals surface area contributed by atoms with Crippen molar-refractivity contribution in [1.29, 1.82) is 5.26 Å². The topological polar surface area (TPSA) is 99.1 Å². The number of rotatable bonds is 7. The van der Waals surface area contributed by atoms with Gasteiger partial charge in [-0.15, -0.1) is 0 Å². The molecule has 0 aliphatic heterocycles. The lowest BCUT2D eigenvalue weighted by molar-refractivity contribution is -0.120. The van der Waals surface area contributed by atoms with Crippen LogP contribution in [0.2, 0.25) is 0 Å². The van der Waals surface area contributed by atoms with Crippen molar-refractivity contribution < 1.29 is 13.2 Å². The zero-order valence-electron chi connectivity index (χ0n) is 11.2. The van der Waals surface area contributed by atoms with E-state index in [-0.39, 0.29) is 29.3 Å². The molecule has 0 unspecified atom stereocenters. The first-order chi connectivity index (χ1) is 9.51. The van der Waals surface area contributed by atoms with Crippen LogP contribution in [0.25, 0.3) is 0 Å². The summed E-state index contributed by atoms with van der Waals surface area (Å²) in [7, 11) is -3.77. The Hall–Kier alpha value is -1.91. The first kappa shape index (κ1) is 16.1. The molecule has 6 nitrogen and oxygen atoms in total. The Bertz CT molecular complexity index is 606. The van der Waals surface area contributed by atoms with Crippen LogP contribution in [-0.2, 0) is 14.8 Å². The van der Waals surface area contributed by atoms with Crippen LogP contribution in [0.3, 0.4) is 0 Å². The van der Waals surface area contributed by atoms with Crippen molar-refractivity contribution in [1.82, 2.24) is 10.0 Å². The minimum atomic E-state index is -3.77. The maximum atomic E-state index is 12.0. The van der Waals surface area contributed by atoms with Crippen LogP contribution in [-0.4, -0.2) is 27.4 Å². The lowest BCUT2D eigenvalue weighted by atomic mass is 10.2. The van der Waals surface area contributed by atoms with Crippen molar-refractivity contribution in [3.05, 3.63) is 29.8 Å². The molecule has 0 aromatic heterocycles. The molecule has 1 aromatic carbocycles. The smallest absolute Gasteiger partial charge is 0.241 e. The monoisotopic (exact) mass is 295 g/mol. The van der Waals surface area contributed by atoms with Gasteiger partial charge in [0.1, 0.15) is 6.07 Å². The van der Waals surface area contributed by atoms with E-state index < -0.39 is 10.0 Å². The van der Waals surface area contributed by atoms with E-state index in [9.17, 15) is 13.2 Å². The molecular weight excluding hydrogens is 278 g/mol. The Morgan fingerprint density at radius 1 is 1.30 bits per heavy atom. The molecule has 0 fully saturated rings. The number of amides is 1. The summed E-state index contributed by atoms with van der Waals surface area (Å²) in [5.74, 6) is -0.205. The van der Waals surface area contributed by atoms with E-state index in [1.54, 1.807) is 12.1 Å². The molecule has 0 saturated carbocycles. The van der Waals surface area contributed by atoms with E-state index in [4.69, 9.17) is 5.26 Å². The van der Waals surface area contributed by atoms with Crippen LogP contribution in [0.1, 0.15) is 25.3 Å². The van der Waals surface area contributed by atoms with Crippen LogP contribution < -0.4 is 10.0 Å². The fourth-order valence-corrected chi connectivity index (χ4v) is 2.71. The van der Waals surface area contributed by atoms with Crippen LogP contribution in [0, 0.1) is 11.3 Å². The quantitative estimate of drug-likeness (QED) is 0.775. The molecule has 20 heavy (non-hydrogen) atoms. The molecule has 0 heterocycles. The second kappa shape index (κ2) is 7.62. The van der Waals surface area contributed by atoms with Gasteiger partial charge in [0, 0.05) is 19.5 Å². The summed E-state index contributed by atoms with van der Waals surface area (Å²) in [5, 5.41) is 11.5. The van der Waals surface area contributed by atoms with Crippen molar-refractivity contribution in [2.45, 2.75) is 24.7 Å². The molecule has 0 aliphatic rings. The Kier molecular flexibility index (Phi) is 6.15. The van der Waals surface area contributed by atoms with Gasteiger partial charge in [-0.3, -0.25) is 4.79 Å². The van der Waals surface area contributed by atoms with Gasteiger partial charge in [-0.05, 0) is 18.6 Å². The third-order valence-corrected chi connectivity index (χ3v) is 4.03. The summed E-state index contributed by atoms with van der Waals surface area (Å²) in [4.78, 5) is 11.3. The van der Waals surface area contributed by atoms with Crippen molar-refractivity contribution in [2.75, 3.05) is 13.1 Å². The number of nitrogens with one attached hydrogen (secondary N) is 2. The normalized spacial score (nSPS) is 10.8. The van der Waals surface area contributed by atoms with Gasteiger partial charge >= 0.3 is 0 Å². The molecule has 0 aliphatic carbocycles. The molecule has 0 atom stereocenters. The largest absolute Gasteiger partial charge is 0.356 e. The minimum Gasteiger partial charge on any atom is -0.356 e. The highest BCUT2D eigenvalue weighted by molar-refractivity contribution is 7.89. The zero-order chi connectivity index (χ0) is 15.0. The van der Waals surface area contributed by atoms with Crippen molar-refractivity contribution in [2.24, 2.45) is 0 Å². The average Bonchev–Trinajstić information content (AvgIpc) is 2.44. The standard InChI is InChI=1S/C13H17N3O3S/c1-2-8-15-13(17)7-9-16-20(18,19)12-6-4-3-5-11(12)10-14/h3-6,16H,2,7-9H2,1H3,(H,15,17). The maximum absolute atomic E-state index is 12.0. The van der Waals surface area contributed by atoms with E-state index in [0.29, 0.717) is 6.54 Å². The first-order valence-electron chi connectivity index (χ1n) is 6.26. The zero-order valence-corrected chi connectivity index (χ0v) is 12.0. The molecule has 0 radical (unpaired) electrons. The van der Waals surface area contributed by atoms with Gasteiger partial charge in [-0.2, -0.15) is 5.26 Å². The van der Waals surface area contributed by atoms with E-state index in [2.05, 4.69) is 10.0 Å². The highest BCUT2D eigenvalue weighted by atomic mass is 32.2. The molecule has 1 aromatic rings. The van der Waals surface area contributed by atoms with Gasteiger partial charge in [-0.25, -0.2) is 13.1 Å². The van der Waals surface area contributed by atoms with E-state index in [1.165, 1.54) is 12.1 Å². The van der Waals surface area contributed by atoms with E-state index in [1.807, 2.05) is 13.0 Å². The Morgan fingerprint density at radius 3 is 2.65 bits per heavy atom. The molecule has 1 rings (SSSR count).